The fraction of sp³-hybridized carbons (Fsp3) is 0.857. The highest BCUT2D eigenvalue weighted by Gasteiger charge is 2.44. The van der Waals surface area contributed by atoms with E-state index in [1.807, 2.05) is 0 Å². The van der Waals surface area contributed by atoms with Crippen LogP contribution in [0.1, 0.15) is 51.4 Å². The highest BCUT2D eigenvalue weighted by Crippen LogP contribution is 2.42. The van der Waals surface area contributed by atoms with Gasteiger partial charge in [0.05, 0.1) is 18.1 Å². The molecule has 5 heteroatoms. The lowest BCUT2D eigenvalue weighted by atomic mass is 9.81. The first-order valence-corrected chi connectivity index (χ1v) is 7.16. The standard InChI is InChI=1S/C14H22O5/c15-13(16)4-2-1-3-10(14(17)18)7-9-5-6-11-12(8-9)19-11/h9-12H,1-8H2,(H,15,16)(H,17,18). The van der Waals surface area contributed by atoms with Crippen molar-refractivity contribution < 1.29 is 24.5 Å². The van der Waals surface area contributed by atoms with Gasteiger partial charge in [0.1, 0.15) is 0 Å². The van der Waals surface area contributed by atoms with Crippen LogP contribution in [0, 0.1) is 11.8 Å². The van der Waals surface area contributed by atoms with Crippen molar-refractivity contribution in [2.24, 2.45) is 11.8 Å². The van der Waals surface area contributed by atoms with Gasteiger partial charge < -0.3 is 14.9 Å². The van der Waals surface area contributed by atoms with E-state index >= 15 is 0 Å². The molecule has 0 aromatic rings. The van der Waals surface area contributed by atoms with Crippen LogP contribution in [-0.4, -0.2) is 34.4 Å². The summed E-state index contributed by atoms with van der Waals surface area (Å²) in [5.74, 6) is -1.41. The quantitative estimate of drug-likeness (QED) is 0.522. The van der Waals surface area contributed by atoms with Gasteiger partial charge in [-0.1, -0.05) is 6.42 Å². The number of fused-ring (bicyclic) bond motifs is 1. The highest BCUT2D eigenvalue weighted by molar-refractivity contribution is 5.70. The number of unbranched alkanes of at least 4 members (excludes halogenated alkanes) is 1. The molecule has 1 heterocycles. The van der Waals surface area contributed by atoms with Gasteiger partial charge in [-0.05, 0) is 44.4 Å². The van der Waals surface area contributed by atoms with E-state index in [9.17, 15) is 14.7 Å². The molecule has 2 aliphatic rings. The number of carboxylic acids is 2. The molecule has 1 saturated heterocycles. The summed E-state index contributed by atoms with van der Waals surface area (Å²) in [6.07, 6.45) is 6.67. The van der Waals surface area contributed by atoms with Gasteiger partial charge in [-0.3, -0.25) is 9.59 Å². The Bertz CT molecular complexity index is 341. The number of hydrogen-bond acceptors (Lipinski definition) is 3. The average Bonchev–Trinajstić information content (AvgIpc) is 3.10. The molecule has 1 aliphatic carbocycles. The second kappa shape index (κ2) is 6.37. The van der Waals surface area contributed by atoms with Crippen LogP contribution >= 0.6 is 0 Å². The minimum atomic E-state index is -0.809. The molecule has 1 saturated carbocycles. The van der Waals surface area contributed by atoms with Crippen LogP contribution in [0.3, 0.4) is 0 Å². The van der Waals surface area contributed by atoms with Gasteiger partial charge in [0.25, 0.3) is 0 Å². The largest absolute Gasteiger partial charge is 0.481 e. The summed E-state index contributed by atoms with van der Waals surface area (Å²) in [5.41, 5.74) is 0. The summed E-state index contributed by atoms with van der Waals surface area (Å²) < 4.78 is 5.46. The zero-order valence-electron chi connectivity index (χ0n) is 11.1. The van der Waals surface area contributed by atoms with E-state index in [2.05, 4.69) is 0 Å². The molecule has 19 heavy (non-hydrogen) atoms. The number of hydrogen-bond donors (Lipinski definition) is 2. The molecule has 0 radical (unpaired) electrons. The van der Waals surface area contributed by atoms with Crippen molar-refractivity contribution in [3.05, 3.63) is 0 Å². The molecule has 2 fully saturated rings. The first kappa shape index (κ1) is 14.3. The van der Waals surface area contributed by atoms with Gasteiger partial charge >= 0.3 is 11.9 Å². The van der Waals surface area contributed by atoms with Gasteiger partial charge in [0.15, 0.2) is 0 Å². The lowest BCUT2D eigenvalue weighted by Crippen LogP contribution is -2.22. The zero-order chi connectivity index (χ0) is 13.8. The molecule has 4 unspecified atom stereocenters. The Labute approximate surface area is 112 Å². The molecule has 0 amide bonds. The number of carbonyl (C=O) groups is 2. The second-order valence-electron chi connectivity index (χ2n) is 5.80. The Morgan fingerprint density at radius 2 is 1.95 bits per heavy atom. The maximum atomic E-state index is 11.2. The minimum absolute atomic E-state index is 0.132. The first-order valence-electron chi connectivity index (χ1n) is 7.16. The maximum absolute atomic E-state index is 11.2. The van der Waals surface area contributed by atoms with Crippen molar-refractivity contribution in [3.63, 3.8) is 0 Å². The smallest absolute Gasteiger partial charge is 0.306 e. The molecular formula is C14H22O5. The van der Waals surface area contributed by atoms with Crippen molar-refractivity contribution >= 4 is 11.9 Å². The maximum Gasteiger partial charge on any atom is 0.306 e. The summed E-state index contributed by atoms with van der Waals surface area (Å²) in [7, 11) is 0. The van der Waals surface area contributed by atoms with E-state index in [-0.39, 0.29) is 12.3 Å². The van der Waals surface area contributed by atoms with E-state index in [0.717, 1.165) is 25.7 Å². The number of carboxylic acid groups (broad SMARTS) is 2. The highest BCUT2D eigenvalue weighted by atomic mass is 16.6. The number of epoxide rings is 1. The van der Waals surface area contributed by atoms with Crippen LogP contribution in [0.25, 0.3) is 0 Å². The van der Waals surface area contributed by atoms with Gasteiger partial charge in [0, 0.05) is 6.42 Å². The monoisotopic (exact) mass is 270 g/mol. The fourth-order valence-electron chi connectivity index (χ4n) is 3.11. The van der Waals surface area contributed by atoms with Crippen LogP contribution in [0.5, 0.6) is 0 Å². The molecule has 0 aromatic carbocycles. The van der Waals surface area contributed by atoms with Crippen LogP contribution in [0.15, 0.2) is 0 Å². The van der Waals surface area contributed by atoms with Crippen LogP contribution in [-0.2, 0) is 14.3 Å². The van der Waals surface area contributed by atoms with Gasteiger partial charge in [0.2, 0.25) is 0 Å². The Kier molecular flexibility index (Phi) is 4.80. The number of ether oxygens (including phenoxy) is 1. The predicted octanol–water partition coefficient (Wildman–Crippen LogP) is 2.29. The lowest BCUT2D eigenvalue weighted by Gasteiger charge is -2.22. The van der Waals surface area contributed by atoms with Gasteiger partial charge in [-0.15, -0.1) is 0 Å². The summed E-state index contributed by atoms with van der Waals surface area (Å²) in [6.45, 7) is 0. The molecule has 5 nitrogen and oxygen atoms in total. The van der Waals surface area contributed by atoms with Crippen molar-refractivity contribution in [1.29, 1.82) is 0 Å². The SMILES string of the molecule is O=C(O)CCCCC(CC1CCC2OC2C1)C(=O)O. The molecular weight excluding hydrogens is 248 g/mol. The Balaban J connectivity index is 1.69. The summed E-state index contributed by atoms with van der Waals surface area (Å²) >= 11 is 0. The summed E-state index contributed by atoms with van der Waals surface area (Å²) in [6, 6.07) is 0. The molecule has 1 aliphatic heterocycles. The third-order valence-corrected chi connectivity index (χ3v) is 4.27. The first-order chi connectivity index (χ1) is 9.06. The molecule has 2 rings (SSSR count). The fourth-order valence-corrected chi connectivity index (χ4v) is 3.11. The molecule has 2 N–H and O–H groups in total. The minimum Gasteiger partial charge on any atom is -0.481 e. The van der Waals surface area contributed by atoms with Crippen molar-refractivity contribution in [1.82, 2.24) is 0 Å². The zero-order valence-corrected chi connectivity index (χ0v) is 11.1. The van der Waals surface area contributed by atoms with Crippen LogP contribution in [0.2, 0.25) is 0 Å². The second-order valence-corrected chi connectivity index (χ2v) is 5.80. The lowest BCUT2D eigenvalue weighted by molar-refractivity contribution is -0.142. The van der Waals surface area contributed by atoms with Gasteiger partial charge in [-0.25, -0.2) is 0 Å². The van der Waals surface area contributed by atoms with Crippen molar-refractivity contribution in [3.8, 4) is 0 Å². The Morgan fingerprint density at radius 1 is 1.16 bits per heavy atom. The Hall–Kier alpha value is -1.10. The van der Waals surface area contributed by atoms with Crippen molar-refractivity contribution in [2.75, 3.05) is 0 Å². The van der Waals surface area contributed by atoms with Gasteiger partial charge in [-0.2, -0.15) is 0 Å². The Morgan fingerprint density at radius 3 is 2.58 bits per heavy atom. The van der Waals surface area contributed by atoms with E-state index < -0.39 is 11.9 Å². The number of rotatable bonds is 8. The summed E-state index contributed by atoms with van der Waals surface area (Å²) in [4.78, 5) is 21.7. The van der Waals surface area contributed by atoms with Crippen LogP contribution in [0.4, 0.5) is 0 Å². The number of aliphatic carboxylic acids is 2. The third-order valence-electron chi connectivity index (χ3n) is 4.27. The summed E-state index contributed by atoms with van der Waals surface area (Å²) in [5, 5.41) is 17.8. The average molecular weight is 270 g/mol. The molecule has 0 spiro atoms. The molecule has 108 valence electrons. The topological polar surface area (TPSA) is 87.1 Å². The normalized spacial score (nSPS) is 30.4. The van der Waals surface area contributed by atoms with E-state index in [1.165, 1.54) is 0 Å². The van der Waals surface area contributed by atoms with E-state index in [1.54, 1.807) is 0 Å². The molecule has 0 bridgehead atoms. The third kappa shape index (κ3) is 4.49. The van der Waals surface area contributed by atoms with E-state index in [4.69, 9.17) is 9.84 Å². The van der Waals surface area contributed by atoms with Crippen molar-refractivity contribution in [2.45, 2.75) is 63.6 Å². The van der Waals surface area contributed by atoms with E-state index in [0.29, 0.717) is 37.4 Å². The molecule has 4 atom stereocenters. The predicted molar refractivity (Wildman–Crippen MR) is 67.8 cm³/mol. The molecule has 0 aromatic heterocycles. The van der Waals surface area contributed by atoms with Crippen LogP contribution < -0.4 is 0 Å².